The fraction of sp³-hybridized carbons (Fsp3) is 0.625. The van der Waals surface area contributed by atoms with E-state index in [0.29, 0.717) is 92.6 Å². The molecule has 0 spiro atoms. The van der Waals surface area contributed by atoms with Gasteiger partial charge in [-0.15, -0.1) is 0 Å². The summed E-state index contributed by atoms with van der Waals surface area (Å²) in [6.07, 6.45) is 4.75. The fourth-order valence-corrected chi connectivity index (χ4v) is 4.44. The number of carbonyl (C=O) groups excluding carboxylic acids is 6. The molecule has 0 aliphatic carbocycles. The van der Waals surface area contributed by atoms with Crippen LogP contribution in [0.3, 0.4) is 0 Å². The molecule has 8 N–H and O–H groups in total. The molecule has 6 amide bonds. The molecule has 1 aromatic rings. The van der Waals surface area contributed by atoms with Crippen molar-refractivity contribution in [3.63, 3.8) is 0 Å². The number of hydrogen-bond donors (Lipinski definition) is 8. The summed E-state index contributed by atoms with van der Waals surface area (Å²) < 4.78 is 0. The van der Waals surface area contributed by atoms with Gasteiger partial charge in [-0.25, -0.2) is 15.2 Å². The summed E-state index contributed by atoms with van der Waals surface area (Å²) in [5.74, 6) is -3.68. The lowest BCUT2D eigenvalue weighted by Gasteiger charge is -2.15. The monoisotopic (exact) mass is 696 g/mol. The molecule has 0 unspecified atom stereocenters. The largest absolute Gasteiger partial charge is 0.504 e. The zero-order chi connectivity index (χ0) is 36.6. The molecule has 1 rings (SSSR count). The molecule has 276 valence electrons. The van der Waals surface area contributed by atoms with E-state index in [2.05, 4.69) is 16.0 Å². The first-order chi connectivity index (χ1) is 23.3. The average molecular weight is 697 g/mol. The molecule has 0 fully saturated rings. The predicted molar refractivity (Wildman–Crippen MR) is 174 cm³/mol. The molecule has 0 bridgehead atoms. The number of nitrogens with zero attached hydrogens (tertiary/aromatic N) is 3. The molecule has 1 aromatic carbocycles. The van der Waals surface area contributed by atoms with Crippen LogP contribution in [0.15, 0.2) is 18.2 Å². The fourth-order valence-electron chi connectivity index (χ4n) is 4.44. The first kappa shape index (κ1) is 42.5. The van der Waals surface area contributed by atoms with Crippen molar-refractivity contribution in [2.24, 2.45) is 0 Å². The molecule has 0 atom stereocenters. The van der Waals surface area contributed by atoms with E-state index in [-0.39, 0.29) is 68.4 Å². The third-order valence-corrected chi connectivity index (χ3v) is 7.40. The second-order valence-corrected chi connectivity index (χ2v) is 11.5. The minimum atomic E-state index is -0.592. The number of phenols is 2. The lowest BCUT2D eigenvalue weighted by Crippen LogP contribution is -2.31. The molecule has 0 saturated heterocycles. The maximum atomic E-state index is 12.1. The molecule has 0 radical (unpaired) electrons. The summed E-state index contributed by atoms with van der Waals surface area (Å²) in [7, 11) is 0. The predicted octanol–water partition coefficient (Wildman–Crippen LogP) is 1.80. The van der Waals surface area contributed by atoms with E-state index in [9.17, 15) is 54.6 Å². The van der Waals surface area contributed by atoms with Gasteiger partial charge >= 0.3 is 0 Å². The second-order valence-electron chi connectivity index (χ2n) is 11.5. The van der Waals surface area contributed by atoms with Crippen LogP contribution in [0, 0.1) is 0 Å². The lowest BCUT2D eigenvalue weighted by atomic mass is 10.1. The lowest BCUT2D eigenvalue weighted by molar-refractivity contribution is -0.166. The van der Waals surface area contributed by atoms with Crippen LogP contribution in [0.25, 0.3) is 0 Å². The van der Waals surface area contributed by atoms with E-state index < -0.39 is 29.4 Å². The van der Waals surface area contributed by atoms with Gasteiger partial charge in [-0.2, -0.15) is 0 Å². The van der Waals surface area contributed by atoms with Gasteiger partial charge in [0, 0.05) is 71.9 Å². The quantitative estimate of drug-likeness (QED) is 0.0317. The summed E-state index contributed by atoms with van der Waals surface area (Å²) in [5, 5.41) is 58.1. The Balaban J connectivity index is 2.03. The zero-order valence-electron chi connectivity index (χ0n) is 28.2. The van der Waals surface area contributed by atoms with Crippen LogP contribution >= 0.6 is 0 Å². The van der Waals surface area contributed by atoms with E-state index in [1.165, 1.54) is 25.1 Å². The summed E-state index contributed by atoms with van der Waals surface area (Å²) in [4.78, 5) is 71.1. The number of phenolic OH excluding ortho intramolecular Hbond substituents is 2. The van der Waals surface area contributed by atoms with Gasteiger partial charge in [-0.3, -0.25) is 44.4 Å². The van der Waals surface area contributed by atoms with Crippen LogP contribution in [0.1, 0.15) is 101 Å². The van der Waals surface area contributed by atoms with Crippen molar-refractivity contribution < 1.29 is 54.6 Å². The number of para-hydroxylation sites is 1. The number of rotatable bonds is 25. The second kappa shape index (κ2) is 24.6. The van der Waals surface area contributed by atoms with Crippen LogP contribution in [0.2, 0.25) is 0 Å². The Hall–Kier alpha value is -4.48. The highest BCUT2D eigenvalue weighted by molar-refractivity contribution is 5.97. The van der Waals surface area contributed by atoms with E-state index >= 15 is 0 Å². The number of carbonyl (C=O) groups is 6. The van der Waals surface area contributed by atoms with Gasteiger partial charge in [-0.05, 0) is 69.9 Å². The number of unbranched alkanes of at least 4 members (excludes halogenated alkanes) is 6. The smallest absolute Gasteiger partial charge is 0.255 e. The Morgan fingerprint density at radius 2 is 1.00 bits per heavy atom. The Bertz CT molecular complexity index is 1220. The minimum absolute atomic E-state index is 0.0414. The van der Waals surface area contributed by atoms with Crippen molar-refractivity contribution in [3.8, 4) is 11.5 Å². The van der Waals surface area contributed by atoms with Gasteiger partial charge in [0.15, 0.2) is 11.5 Å². The first-order valence-electron chi connectivity index (χ1n) is 16.6. The van der Waals surface area contributed by atoms with Gasteiger partial charge in [0.2, 0.25) is 29.5 Å². The Kier molecular flexibility index (Phi) is 21.4. The number of aromatic hydroxyl groups is 2. The zero-order valence-corrected chi connectivity index (χ0v) is 28.2. The van der Waals surface area contributed by atoms with Crippen molar-refractivity contribution in [1.29, 1.82) is 0 Å². The van der Waals surface area contributed by atoms with Gasteiger partial charge in [0.1, 0.15) is 0 Å². The SMILES string of the molecule is CC(=O)N(O)CCCCCNC(=O)CCC(=O)N(O)CCCCCNC(=O)CCC(=O)N(O)CCCCCNC(=O)c1cccc(O)c1O. The van der Waals surface area contributed by atoms with E-state index in [1.807, 2.05) is 0 Å². The topological polar surface area (TPSA) is 249 Å². The molecule has 17 nitrogen and oxygen atoms in total. The van der Waals surface area contributed by atoms with Crippen molar-refractivity contribution in [2.75, 3.05) is 39.3 Å². The van der Waals surface area contributed by atoms with Gasteiger partial charge < -0.3 is 26.2 Å². The van der Waals surface area contributed by atoms with Crippen LogP contribution < -0.4 is 16.0 Å². The molecule has 17 heteroatoms. The molecule has 0 heterocycles. The van der Waals surface area contributed by atoms with Gasteiger partial charge in [0.05, 0.1) is 5.56 Å². The van der Waals surface area contributed by atoms with Crippen molar-refractivity contribution in [1.82, 2.24) is 31.1 Å². The van der Waals surface area contributed by atoms with E-state index in [1.54, 1.807) is 0 Å². The molecular formula is C32H52N6O11. The summed E-state index contributed by atoms with van der Waals surface area (Å²) >= 11 is 0. The van der Waals surface area contributed by atoms with Crippen molar-refractivity contribution in [2.45, 2.75) is 90.4 Å². The molecule has 49 heavy (non-hydrogen) atoms. The molecule has 0 aromatic heterocycles. The highest BCUT2D eigenvalue weighted by atomic mass is 16.5. The van der Waals surface area contributed by atoms with Crippen LogP contribution in [-0.2, 0) is 24.0 Å². The Morgan fingerprint density at radius 1 is 0.571 bits per heavy atom. The minimum Gasteiger partial charge on any atom is -0.504 e. The summed E-state index contributed by atoms with van der Waals surface area (Å²) in [5.41, 5.74) is -0.0414. The third kappa shape index (κ3) is 19.2. The highest BCUT2D eigenvalue weighted by Gasteiger charge is 2.15. The number of amides is 6. The van der Waals surface area contributed by atoms with Crippen LogP contribution in [-0.4, -0.2) is 116 Å². The normalized spacial score (nSPS) is 10.6. The van der Waals surface area contributed by atoms with Crippen LogP contribution in [0.5, 0.6) is 11.5 Å². The molecule has 0 saturated carbocycles. The number of hydroxylamine groups is 6. The Morgan fingerprint density at radius 3 is 1.45 bits per heavy atom. The van der Waals surface area contributed by atoms with Crippen molar-refractivity contribution in [3.05, 3.63) is 23.8 Å². The standard InChI is InChI=1S/C32H52N6O11/c1-24(39)36(47)21-8-2-5-18-33-27(41)14-16-29(43)37(48)22-9-3-6-19-34-28(42)15-17-30(44)38(49)23-10-4-7-20-35-32(46)25-12-11-13-26(40)31(25)45/h11-13,40,45,47-49H,2-10,14-23H2,1H3,(H,33,41)(H,34,42)(H,35,46). The number of hydrogen-bond acceptors (Lipinski definition) is 11. The first-order valence-corrected chi connectivity index (χ1v) is 16.6. The summed E-state index contributed by atoms with van der Waals surface area (Å²) in [6.45, 7) is 2.67. The maximum Gasteiger partial charge on any atom is 0.255 e. The Labute approximate surface area is 286 Å². The average Bonchev–Trinajstić information content (AvgIpc) is 3.07. The van der Waals surface area contributed by atoms with Crippen LogP contribution in [0.4, 0.5) is 0 Å². The van der Waals surface area contributed by atoms with E-state index in [0.717, 1.165) is 0 Å². The number of benzene rings is 1. The van der Waals surface area contributed by atoms with Crippen molar-refractivity contribution >= 4 is 35.4 Å². The maximum absolute atomic E-state index is 12.1. The molecular weight excluding hydrogens is 644 g/mol. The summed E-state index contributed by atoms with van der Waals surface area (Å²) in [6, 6.07) is 4.09. The molecule has 0 aliphatic rings. The van der Waals surface area contributed by atoms with Gasteiger partial charge in [0.25, 0.3) is 5.91 Å². The van der Waals surface area contributed by atoms with E-state index in [4.69, 9.17) is 0 Å². The van der Waals surface area contributed by atoms with Gasteiger partial charge in [-0.1, -0.05) is 6.07 Å². The highest BCUT2D eigenvalue weighted by Crippen LogP contribution is 2.27. The third-order valence-electron chi connectivity index (χ3n) is 7.40. The number of nitrogens with one attached hydrogen (secondary N) is 3. The molecule has 0 aliphatic heterocycles.